The topological polar surface area (TPSA) is 63.1 Å². The highest BCUT2D eigenvalue weighted by molar-refractivity contribution is 7.22. The second-order valence-corrected chi connectivity index (χ2v) is 8.16. The number of nitrogens with one attached hydrogen (secondary N) is 1. The summed E-state index contributed by atoms with van der Waals surface area (Å²) in [5.74, 6) is -0.0758. The van der Waals surface area contributed by atoms with Crippen molar-refractivity contribution in [1.82, 2.24) is 20.1 Å². The second kappa shape index (κ2) is 8.23. The molecule has 29 heavy (non-hydrogen) atoms. The molecule has 0 aliphatic carbocycles. The van der Waals surface area contributed by atoms with Crippen molar-refractivity contribution >= 4 is 44.3 Å². The van der Waals surface area contributed by atoms with Gasteiger partial charge in [-0.05, 0) is 36.8 Å². The van der Waals surface area contributed by atoms with E-state index >= 15 is 0 Å². The number of para-hydroxylation sites is 1. The highest BCUT2D eigenvalue weighted by Gasteiger charge is 2.18. The molecule has 2 aromatic heterocycles. The molecule has 0 aliphatic rings. The summed E-state index contributed by atoms with van der Waals surface area (Å²) in [4.78, 5) is 19.0. The predicted octanol–water partition coefficient (Wildman–Crippen LogP) is 4.20. The number of carbonyl (C=O) groups excluding carboxylic acids is 1. The van der Waals surface area contributed by atoms with Gasteiger partial charge in [-0.2, -0.15) is 10.1 Å². The lowest BCUT2D eigenvalue weighted by Crippen LogP contribution is -2.34. The maximum absolute atomic E-state index is 12.4. The molecule has 0 saturated carbocycles. The van der Waals surface area contributed by atoms with E-state index < -0.39 is 0 Å². The van der Waals surface area contributed by atoms with Crippen LogP contribution in [0.1, 0.15) is 11.3 Å². The number of fused-ring (bicyclic) bond motifs is 1. The molecule has 1 N–H and O–H groups in total. The van der Waals surface area contributed by atoms with Gasteiger partial charge in [-0.15, -0.1) is 0 Å². The maximum atomic E-state index is 12.4. The average Bonchev–Trinajstić information content (AvgIpc) is 3.28. The quantitative estimate of drug-likeness (QED) is 0.503. The molecule has 0 spiro atoms. The summed E-state index contributed by atoms with van der Waals surface area (Å²) >= 11 is 7.53. The Hall–Kier alpha value is -2.90. The van der Waals surface area contributed by atoms with Crippen LogP contribution in [-0.2, 0) is 11.3 Å². The van der Waals surface area contributed by atoms with Crippen LogP contribution in [0.5, 0.6) is 0 Å². The number of anilines is 1. The van der Waals surface area contributed by atoms with Crippen molar-refractivity contribution < 1.29 is 4.79 Å². The zero-order chi connectivity index (χ0) is 20.4. The molecular formula is C21H20ClN5OS. The first kappa shape index (κ1) is 19.4. The van der Waals surface area contributed by atoms with Crippen molar-refractivity contribution in [1.29, 1.82) is 0 Å². The Balaban J connectivity index is 1.47. The van der Waals surface area contributed by atoms with Gasteiger partial charge < -0.3 is 10.2 Å². The van der Waals surface area contributed by atoms with Crippen LogP contribution in [0.4, 0.5) is 5.13 Å². The van der Waals surface area contributed by atoms with Crippen molar-refractivity contribution in [3.05, 3.63) is 70.9 Å². The molecule has 0 fully saturated rings. The maximum Gasteiger partial charge on any atom is 0.239 e. The van der Waals surface area contributed by atoms with E-state index in [1.165, 1.54) is 11.3 Å². The lowest BCUT2D eigenvalue weighted by Gasteiger charge is -2.15. The van der Waals surface area contributed by atoms with Crippen molar-refractivity contribution in [2.45, 2.75) is 13.5 Å². The third kappa shape index (κ3) is 4.26. The summed E-state index contributed by atoms with van der Waals surface area (Å²) in [6.07, 6.45) is 0. The van der Waals surface area contributed by atoms with Crippen LogP contribution >= 0.6 is 22.9 Å². The Kier molecular flexibility index (Phi) is 5.51. The molecule has 0 atom stereocenters. The largest absolute Gasteiger partial charge is 0.350 e. The van der Waals surface area contributed by atoms with Gasteiger partial charge in [-0.25, -0.2) is 4.68 Å². The summed E-state index contributed by atoms with van der Waals surface area (Å²) in [5.41, 5.74) is 3.66. The minimum absolute atomic E-state index is 0.0758. The van der Waals surface area contributed by atoms with Gasteiger partial charge in [-0.1, -0.05) is 53.3 Å². The zero-order valence-electron chi connectivity index (χ0n) is 16.1. The van der Waals surface area contributed by atoms with Crippen molar-refractivity contribution in [2.75, 3.05) is 18.5 Å². The van der Waals surface area contributed by atoms with Crippen molar-refractivity contribution in [3.8, 4) is 5.69 Å². The van der Waals surface area contributed by atoms with Gasteiger partial charge in [0.1, 0.15) is 0 Å². The van der Waals surface area contributed by atoms with Gasteiger partial charge in [0.25, 0.3) is 0 Å². The molecule has 4 aromatic rings. The van der Waals surface area contributed by atoms with Crippen LogP contribution in [0.2, 0.25) is 5.02 Å². The van der Waals surface area contributed by atoms with E-state index in [1.54, 1.807) is 0 Å². The van der Waals surface area contributed by atoms with E-state index in [1.807, 2.05) is 78.2 Å². The second-order valence-electron chi connectivity index (χ2n) is 6.74. The highest BCUT2D eigenvalue weighted by Crippen LogP contribution is 2.31. The summed E-state index contributed by atoms with van der Waals surface area (Å²) in [5, 5.41) is 8.97. The van der Waals surface area contributed by atoms with Gasteiger partial charge in [-0.3, -0.25) is 4.79 Å². The van der Waals surface area contributed by atoms with Crippen molar-refractivity contribution in [2.24, 2.45) is 0 Å². The molecule has 0 radical (unpaired) electrons. The van der Waals surface area contributed by atoms with E-state index in [4.69, 9.17) is 16.6 Å². The average molecular weight is 426 g/mol. The number of carbonyl (C=O) groups is 1. The molecule has 2 aromatic carbocycles. The summed E-state index contributed by atoms with van der Waals surface area (Å²) in [6.45, 7) is 2.63. The normalized spacial score (nSPS) is 11.0. The van der Waals surface area contributed by atoms with Crippen LogP contribution in [0.25, 0.3) is 16.0 Å². The number of hydrogen-bond acceptors (Lipinski definition) is 5. The first-order chi connectivity index (χ1) is 14.0. The monoisotopic (exact) mass is 425 g/mol. The van der Waals surface area contributed by atoms with Crippen LogP contribution in [-0.4, -0.2) is 34.3 Å². The first-order valence-electron chi connectivity index (χ1n) is 9.15. The van der Waals surface area contributed by atoms with Gasteiger partial charge in [0.05, 0.1) is 22.6 Å². The number of amides is 1. The van der Waals surface area contributed by atoms with Gasteiger partial charge in [0.15, 0.2) is 10.8 Å². The summed E-state index contributed by atoms with van der Waals surface area (Å²) in [7, 11) is 1.87. The number of halogens is 1. The van der Waals surface area contributed by atoms with Gasteiger partial charge >= 0.3 is 0 Å². The van der Waals surface area contributed by atoms with Gasteiger partial charge in [0.2, 0.25) is 5.91 Å². The Bertz CT molecular complexity index is 1150. The van der Waals surface area contributed by atoms with Crippen LogP contribution < -0.4 is 10.2 Å². The summed E-state index contributed by atoms with van der Waals surface area (Å²) < 4.78 is 2.87. The molecule has 148 valence electrons. The van der Waals surface area contributed by atoms with E-state index in [-0.39, 0.29) is 12.5 Å². The fourth-order valence-electron chi connectivity index (χ4n) is 3.02. The van der Waals surface area contributed by atoms with Crippen LogP contribution in [0.15, 0.2) is 54.6 Å². The van der Waals surface area contributed by atoms with E-state index in [0.717, 1.165) is 32.4 Å². The standard InChI is InChI=1S/C21H20ClN5OS/c1-14-19-20(27(25-14)17-9-4-3-5-10-17)24-21(29-19)26(2)13-18(28)23-12-15-7-6-8-16(22)11-15/h3-11H,12-13H2,1-2H3,(H,23,28). The molecular weight excluding hydrogens is 406 g/mol. The molecule has 0 bridgehead atoms. The fourth-order valence-corrected chi connectivity index (χ4v) is 4.18. The SMILES string of the molecule is Cc1nn(-c2ccccc2)c2nc(N(C)CC(=O)NCc3cccc(Cl)c3)sc12. The summed E-state index contributed by atoms with van der Waals surface area (Å²) in [6, 6.07) is 17.4. The molecule has 4 rings (SSSR count). The number of likely N-dealkylation sites (N-methyl/N-ethyl adjacent to an activating group) is 1. The minimum Gasteiger partial charge on any atom is -0.350 e. The Labute approximate surface area is 177 Å². The molecule has 1 amide bonds. The van der Waals surface area contributed by atoms with Crippen molar-refractivity contribution in [3.63, 3.8) is 0 Å². The number of thiazole rings is 1. The molecule has 2 heterocycles. The zero-order valence-corrected chi connectivity index (χ0v) is 17.7. The Morgan fingerprint density at radius 2 is 2.00 bits per heavy atom. The number of nitrogens with zero attached hydrogens (tertiary/aromatic N) is 4. The number of aromatic nitrogens is 3. The Morgan fingerprint density at radius 1 is 1.21 bits per heavy atom. The van der Waals surface area contributed by atoms with Crippen LogP contribution in [0.3, 0.4) is 0 Å². The third-order valence-corrected chi connectivity index (χ3v) is 5.97. The van der Waals surface area contributed by atoms with E-state index in [0.29, 0.717) is 11.6 Å². The fraction of sp³-hybridized carbons (Fsp3) is 0.190. The smallest absolute Gasteiger partial charge is 0.239 e. The molecule has 8 heteroatoms. The number of hydrogen-bond donors (Lipinski definition) is 1. The lowest BCUT2D eigenvalue weighted by molar-refractivity contribution is -0.119. The third-order valence-electron chi connectivity index (χ3n) is 4.46. The highest BCUT2D eigenvalue weighted by atomic mass is 35.5. The molecule has 6 nitrogen and oxygen atoms in total. The van der Waals surface area contributed by atoms with Gasteiger partial charge in [0, 0.05) is 18.6 Å². The Morgan fingerprint density at radius 3 is 2.76 bits per heavy atom. The molecule has 0 unspecified atom stereocenters. The first-order valence-corrected chi connectivity index (χ1v) is 10.3. The van der Waals surface area contributed by atoms with Crippen LogP contribution in [0, 0.1) is 6.92 Å². The molecule has 0 saturated heterocycles. The van der Waals surface area contributed by atoms with E-state index in [2.05, 4.69) is 10.4 Å². The minimum atomic E-state index is -0.0758. The number of aryl methyl sites for hydroxylation is 1. The predicted molar refractivity (Wildman–Crippen MR) is 118 cm³/mol. The van der Waals surface area contributed by atoms with E-state index in [9.17, 15) is 4.79 Å². The number of benzene rings is 2. The molecule has 0 aliphatic heterocycles. The number of rotatable bonds is 6. The lowest BCUT2D eigenvalue weighted by atomic mass is 10.2.